The van der Waals surface area contributed by atoms with Crippen LogP contribution in [0.4, 0.5) is 11.4 Å². The minimum Gasteiger partial charge on any atom is -0.491 e. The summed E-state index contributed by atoms with van der Waals surface area (Å²) in [4.78, 5) is 36.7. The Kier molecular flexibility index (Phi) is 13.1. The van der Waals surface area contributed by atoms with Crippen LogP contribution >= 0.6 is 11.9 Å². The highest BCUT2D eigenvalue weighted by atomic mass is 32.2. The van der Waals surface area contributed by atoms with E-state index in [1.165, 1.54) is 7.05 Å². The summed E-state index contributed by atoms with van der Waals surface area (Å²) in [5, 5.41) is 6.40. The van der Waals surface area contributed by atoms with Crippen LogP contribution in [0.2, 0.25) is 0 Å². The molecule has 1 saturated heterocycles. The Balaban J connectivity index is 0.00000237. The quantitative estimate of drug-likeness (QED) is 0.175. The van der Waals surface area contributed by atoms with Gasteiger partial charge in [0.1, 0.15) is 30.8 Å². The first kappa shape index (κ1) is 33.4. The van der Waals surface area contributed by atoms with Crippen molar-refractivity contribution in [3.8, 4) is 5.75 Å². The Morgan fingerprint density at radius 2 is 1.98 bits per heavy atom. The van der Waals surface area contributed by atoms with Gasteiger partial charge >= 0.3 is 5.97 Å². The molecule has 10 nitrogen and oxygen atoms in total. The molecule has 0 radical (unpaired) electrons. The fraction of sp³-hybridized carbons (Fsp3) is 0.516. The Hall–Kier alpha value is -3.12. The van der Waals surface area contributed by atoms with Crippen LogP contribution in [0.15, 0.2) is 42.5 Å². The van der Waals surface area contributed by atoms with Crippen molar-refractivity contribution in [1.82, 2.24) is 4.31 Å². The molecule has 1 fully saturated rings. The van der Waals surface area contributed by atoms with Crippen molar-refractivity contribution in [2.75, 3.05) is 50.6 Å². The third kappa shape index (κ3) is 8.70. The highest BCUT2D eigenvalue weighted by Crippen LogP contribution is 2.52. The average Bonchev–Trinajstić information content (AvgIpc) is 3.29. The van der Waals surface area contributed by atoms with Crippen LogP contribution in [0.3, 0.4) is 0 Å². The fourth-order valence-corrected chi connectivity index (χ4v) is 6.40. The second-order valence-corrected chi connectivity index (χ2v) is 11.6. The second kappa shape index (κ2) is 16.5. The Morgan fingerprint density at radius 3 is 2.67 bits per heavy atom. The van der Waals surface area contributed by atoms with Gasteiger partial charge in [0, 0.05) is 25.9 Å². The van der Waals surface area contributed by atoms with Crippen LogP contribution < -0.4 is 21.1 Å². The molecule has 0 spiro atoms. The lowest BCUT2D eigenvalue weighted by Gasteiger charge is -2.38. The predicted octanol–water partition coefficient (Wildman–Crippen LogP) is 4.13. The van der Waals surface area contributed by atoms with Crippen molar-refractivity contribution >= 4 is 41.5 Å². The zero-order valence-electron chi connectivity index (χ0n) is 25.0. The number of fused-ring (bicyclic) bond motifs is 1. The molecule has 2 aromatic rings. The van der Waals surface area contributed by atoms with E-state index < -0.39 is 10.8 Å². The van der Waals surface area contributed by atoms with Gasteiger partial charge in [0.15, 0.2) is 0 Å². The molecular weight excluding hydrogens is 556 g/mol. The summed E-state index contributed by atoms with van der Waals surface area (Å²) in [7, 11) is 1.50. The number of esters is 1. The maximum absolute atomic E-state index is 12.8. The molecule has 2 aliphatic rings. The fourth-order valence-electron chi connectivity index (χ4n) is 4.97. The van der Waals surface area contributed by atoms with E-state index in [0.717, 1.165) is 41.8 Å². The highest BCUT2D eigenvalue weighted by Gasteiger charge is 2.47. The summed E-state index contributed by atoms with van der Waals surface area (Å²) in [6.45, 7) is 8.62. The van der Waals surface area contributed by atoms with Gasteiger partial charge in [-0.2, -0.15) is 0 Å². The number of rotatable bonds is 13. The number of hydrogen-bond donors (Lipinski definition) is 3. The summed E-state index contributed by atoms with van der Waals surface area (Å²) in [5.41, 5.74) is 7.97. The van der Waals surface area contributed by atoms with Crippen LogP contribution in [0.1, 0.15) is 51.2 Å². The van der Waals surface area contributed by atoms with Gasteiger partial charge < -0.3 is 35.4 Å². The molecule has 2 aliphatic heterocycles. The van der Waals surface area contributed by atoms with E-state index >= 15 is 0 Å². The van der Waals surface area contributed by atoms with Gasteiger partial charge in [-0.25, -0.2) is 4.31 Å². The molecule has 0 aromatic heterocycles. The molecule has 230 valence electrons. The summed E-state index contributed by atoms with van der Waals surface area (Å²) < 4.78 is 18.5. The topological polar surface area (TPSA) is 132 Å². The molecular formula is C31H44N4O6S. The first-order chi connectivity index (χ1) is 20.4. The SMILES string of the molecule is CCOC(=O)CCCC(=O)Nc1cc(CC)cc2c1NC(C=O)C2(C)SN1CCOC(COc2ccccc2)C1.CN. The maximum atomic E-state index is 12.8. The number of ether oxygens (including phenoxy) is 3. The van der Waals surface area contributed by atoms with Crippen LogP contribution in [0.5, 0.6) is 5.75 Å². The lowest BCUT2D eigenvalue weighted by molar-refractivity contribution is -0.143. The zero-order chi connectivity index (χ0) is 30.5. The highest BCUT2D eigenvalue weighted by molar-refractivity contribution is 7.98. The van der Waals surface area contributed by atoms with Crippen LogP contribution in [-0.2, 0) is 35.0 Å². The van der Waals surface area contributed by atoms with Crippen molar-refractivity contribution < 1.29 is 28.6 Å². The molecule has 2 aromatic carbocycles. The number of nitrogens with one attached hydrogen (secondary N) is 2. The smallest absolute Gasteiger partial charge is 0.305 e. The summed E-state index contributed by atoms with van der Waals surface area (Å²) in [6.07, 6.45) is 2.44. The van der Waals surface area contributed by atoms with Gasteiger partial charge in [0.25, 0.3) is 0 Å². The molecule has 0 bridgehead atoms. The molecule has 3 unspecified atom stereocenters. The third-order valence-electron chi connectivity index (χ3n) is 7.13. The standard InChI is InChI=1S/C30H39N3O6S.CH5N/c1-4-21-16-24-29(25(17-21)31-27(35)12-9-13-28(36)37-5-2)32-26(19-34)30(24,3)40-33-14-15-38-23(18-33)20-39-22-10-7-6-8-11-22;1-2/h6-8,10-11,16-17,19,23,26,32H,4-5,9,12-15,18,20H2,1-3H3,(H,31,35);2H2,1H3. The molecule has 3 atom stereocenters. The third-order valence-corrected chi connectivity index (χ3v) is 8.58. The zero-order valence-corrected chi connectivity index (χ0v) is 25.8. The second-order valence-electron chi connectivity index (χ2n) is 10.1. The van der Waals surface area contributed by atoms with Crippen LogP contribution in [0, 0.1) is 0 Å². The van der Waals surface area contributed by atoms with Gasteiger partial charge in [0.2, 0.25) is 5.91 Å². The normalized spacial score (nSPS) is 21.3. The lowest BCUT2D eigenvalue weighted by atomic mass is 9.94. The van der Waals surface area contributed by atoms with E-state index in [2.05, 4.69) is 40.6 Å². The number of nitrogens with two attached hydrogens (primary N) is 1. The van der Waals surface area contributed by atoms with Crippen LogP contribution in [0.25, 0.3) is 0 Å². The number of para-hydroxylation sites is 1. The van der Waals surface area contributed by atoms with Gasteiger partial charge in [-0.05, 0) is 63.1 Å². The van der Waals surface area contributed by atoms with E-state index in [9.17, 15) is 14.4 Å². The molecule has 2 heterocycles. The monoisotopic (exact) mass is 600 g/mol. The minimum absolute atomic E-state index is 0.0972. The molecule has 42 heavy (non-hydrogen) atoms. The number of aryl methyl sites for hydroxylation is 1. The van der Waals surface area contributed by atoms with Crippen molar-refractivity contribution in [2.24, 2.45) is 5.73 Å². The number of hydrogen-bond acceptors (Lipinski definition) is 10. The molecule has 4 N–H and O–H groups in total. The van der Waals surface area contributed by atoms with E-state index in [-0.39, 0.29) is 30.8 Å². The van der Waals surface area contributed by atoms with E-state index in [0.29, 0.717) is 38.5 Å². The number of aldehydes is 1. The number of anilines is 2. The summed E-state index contributed by atoms with van der Waals surface area (Å²) >= 11 is 1.64. The maximum Gasteiger partial charge on any atom is 0.305 e. The van der Waals surface area contributed by atoms with Crippen molar-refractivity contribution in [3.63, 3.8) is 0 Å². The number of carbonyl (C=O) groups excluding carboxylic acids is 3. The van der Waals surface area contributed by atoms with Gasteiger partial charge in [-0.1, -0.05) is 43.1 Å². The lowest BCUT2D eigenvalue weighted by Crippen LogP contribution is -2.45. The summed E-state index contributed by atoms with van der Waals surface area (Å²) in [6, 6.07) is 13.3. The van der Waals surface area contributed by atoms with Gasteiger partial charge in [-0.3, -0.25) is 9.59 Å². The molecule has 11 heteroatoms. The average molecular weight is 601 g/mol. The van der Waals surface area contributed by atoms with Gasteiger partial charge in [0.05, 0.1) is 29.3 Å². The van der Waals surface area contributed by atoms with E-state index in [1.807, 2.05) is 36.4 Å². The molecule has 0 saturated carbocycles. The number of carbonyl (C=O) groups is 3. The van der Waals surface area contributed by atoms with E-state index in [1.54, 1.807) is 18.9 Å². The van der Waals surface area contributed by atoms with Gasteiger partial charge in [-0.15, -0.1) is 0 Å². The number of nitrogens with zero attached hydrogens (tertiary/aromatic N) is 1. The molecule has 4 rings (SSSR count). The van der Waals surface area contributed by atoms with Crippen molar-refractivity contribution in [3.05, 3.63) is 53.6 Å². The number of morpholine rings is 1. The number of benzene rings is 2. The first-order valence-electron chi connectivity index (χ1n) is 14.5. The first-order valence-corrected chi connectivity index (χ1v) is 15.3. The van der Waals surface area contributed by atoms with E-state index in [4.69, 9.17) is 14.2 Å². The minimum atomic E-state index is -0.589. The Bertz CT molecular complexity index is 1180. The largest absolute Gasteiger partial charge is 0.491 e. The summed E-state index contributed by atoms with van der Waals surface area (Å²) in [5.74, 6) is 0.324. The van der Waals surface area contributed by atoms with Crippen molar-refractivity contribution in [2.45, 2.75) is 63.3 Å². The van der Waals surface area contributed by atoms with Crippen LogP contribution in [-0.4, -0.2) is 74.6 Å². The number of amides is 1. The molecule has 1 amide bonds. The Labute approximate surface area is 253 Å². The predicted molar refractivity (Wildman–Crippen MR) is 167 cm³/mol. The van der Waals surface area contributed by atoms with Crippen molar-refractivity contribution in [1.29, 1.82) is 0 Å². The Morgan fingerprint density at radius 1 is 1.21 bits per heavy atom. The molecule has 0 aliphatic carbocycles.